The molecular weight excluding hydrogens is 278 g/mol. The van der Waals surface area contributed by atoms with Crippen LogP contribution in [0.25, 0.3) is 0 Å². The van der Waals surface area contributed by atoms with Crippen molar-refractivity contribution in [3.8, 4) is 0 Å². The number of carbonyl (C=O) groups is 2. The number of likely N-dealkylation sites (tertiary alicyclic amines) is 1. The second-order valence-electron chi connectivity index (χ2n) is 6.60. The second kappa shape index (κ2) is 6.51. The molecule has 1 aliphatic heterocycles. The molecule has 2 atom stereocenters. The molecule has 120 valence electrons. The summed E-state index contributed by atoms with van der Waals surface area (Å²) in [5.41, 5.74) is 4.62. The minimum Gasteiger partial charge on any atom is -0.481 e. The molecule has 1 heterocycles. The molecule has 4 nitrogen and oxygen atoms in total. The molecular formula is C18H25NO3. The van der Waals surface area contributed by atoms with Crippen molar-refractivity contribution in [1.29, 1.82) is 0 Å². The van der Waals surface area contributed by atoms with Crippen molar-refractivity contribution >= 4 is 11.9 Å². The van der Waals surface area contributed by atoms with Gasteiger partial charge in [0.25, 0.3) is 0 Å². The highest BCUT2D eigenvalue weighted by molar-refractivity contribution is 5.80. The molecule has 0 spiro atoms. The number of rotatable bonds is 3. The summed E-state index contributed by atoms with van der Waals surface area (Å²) in [6.45, 7) is 9.15. The number of carboxylic acids is 1. The zero-order valence-electron chi connectivity index (χ0n) is 13.8. The fraction of sp³-hybridized carbons (Fsp3) is 0.556. The first-order chi connectivity index (χ1) is 10.3. The molecule has 0 aromatic heterocycles. The lowest BCUT2D eigenvalue weighted by Crippen LogP contribution is -2.45. The Bertz CT molecular complexity index is 571. The number of aryl methyl sites for hydroxylation is 3. The van der Waals surface area contributed by atoms with Gasteiger partial charge in [0.15, 0.2) is 0 Å². The largest absolute Gasteiger partial charge is 0.481 e. The van der Waals surface area contributed by atoms with Gasteiger partial charge in [-0.3, -0.25) is 9.59 Å². The van der Waals surface area contributed by atoms with E-state index >= 15 is 0 Å². The highest BCUT2D eigenvalue weighted by atomic mass is 16.4. The van der Waals surface area contributed by atoms with E-state index < -0.39 is 5.97 Å². The molecule has 2 rings (SSSR count). The van der Waals surface area contributed by atoms with E-state index in [2.05, 4.69) is 19.1 Å². The maximum atomic E-state index is 12.6. The van der Waals surface area contributed by atoms with Gasteiger partial charge >= 0.3 is 5.97 Å². The van der Waals surface area contributed by atoms with Gasteiger partial charge in [0.1, 0.15) is 0 Å². The predicted molar refractivity (Wildman–Crippen MR) is 85.8 cm³/mol. The minimum absolute atomic E-state index is 0.00964. The SMILES string of the molecule is Cc1cc(C)c(CC(=O)N2CCC(C(=O)O)C(C)C2)c(C)c1. The molecule has 1 aliphatic rings. The molecule has 1 saturated heterocycles. The molecule has 0 saturated carbocycles. The van der Waals surface area contributed by atoms with Crippen molar-refractivity contribution in [2.24, 2.45) is 11.8 Å². The van der Waals surface area contributed by atoms with Gasteiger partial charge in [-0.15, -0.1) is 0 Å². The summed E-state index contributed by atoms with van der Waals surface area (Å²) in [5.74, 6) is -0.960. The van der Waals surface area contributed by atoms with Crippen molar-refractivity contribution < 1.29 is 14.7 Å². The summed E-state index contributed by atoms with van der Waals surface area (Å²) in [7, 11) is 0. The van der Waals surface area contributed by atoms with E-state index in [0.29, 0.717) is 25.9 Å². The van der Waals surface area contributed by atoms with Crippen LogP contribution in [0.1, 0.15) is 35.6 Å². The summed E-state index contributed by atoms with van der Waals surface area (Å²) >= 11 is 0. The number of carboxylic acid groups (broad SMARTS) is 1. The van der Waals surface area contributed by atoms with Crippen LogP contribution < -0.4 is 0 Å². The Morgan fingerprint density at radius 2 is 1.82 bits per heavy atom. The molecule has 1 aromatic carbocycles. The molecule has 0 aliphatic carbocycles. The van der Waals surface area contributed by atoms with Crippen LogP contribution in [0.4, 0.5) is 0 Å². The Labute approximate surface area is 132 Å². The van der Waals surface area contributed by atoms with Crippen LogP contribution in [-0.2, 0) is 16.0 Å². The molecule has 0 radical (unpaired) electrons. The first kappa shape index (κ1) is 16.5. The predicted octanol–water partition coefficient (Wildman–Crippen LogP) is 2.72. The van der Waals surface area contributed by atoms with Crippen molar-refractivity contribution in [3.63, 3.8) is 0 Å². The average molecular weight is 303 g/mol. The number of hydrogen-bond donors (Lipinski definition) is 1. The van der Waals surface area contributed by atoms with E-state index in [0.717, 1.165) is 16.7 Å². The standard InChI is InChI=1S/C18H25NO3/c1-11-7-12(2)16(13(3)8-11)9-17(20)19-6-5-15(18(21)22)14(4)10-19/h7-8,14-15H,5-6,9-10H2,1-4H3,(H,21,22). The van der Waals surface area contributed by atoms with Gasteiger partial charge < -0.3 is 10.0 Å². The van der Waals surface area contributed by atoms with Crippen LogP contribution in [-0.4, -0.2) is 35.0 Å². The van der Waals surface area contributed by atoms with Crippen LogP contribution >= 0.6 is 0 Å². The Hall–Kier alpha value is -1.84. The van der Waals surface area contributed by atoms with E-state index in [9.17, 15) is 9.59 Å². The maximum absolute atomic E-state index is 12.6. The van der Waals surface area contributed by atoms with Gasteiger partial charge in [-0.05, 0) is 49.8 Å². The maximum Gasteiger partial charge on any atom is 0.306 e. The minimum atomic E-state index is -0.746. The Morgan fingerprint density at radius 1 is 1.23 bits per heavy atom. The monoisotopic (exact) mass is 303 g/mol. The van der Waals surface area contributed by atoms with Crippen molar-refractivity contribution in [2.75, 3.05) is 13.1 Å². The average Bonchev–Trinajstić information content (AvgIpc) is 2.41. The zero-order chi connectivity index (χ0) is 16.4. The molecule has 4 heteroatoms. The summed E-state index contributed by atoms with van der Waals surface area (Å²) < 4.78 is 0. The van der Waals surface area contributed by atoms with Crippen molar-refractivity contribution in [3.05, 3.63) is 34.4 Å². The Kier molecular flexibility index (Phi) is 4.89. The van der Waals surface area contributed by atoms with Crippen LogP contribution in [0.2, 0.25) is 0 Å². The number of hydrogen-bond acceptors (Lipinski definition) is 2. The first-order valence-electron chi connectivity index (χ1n) is 7.87. The van der Waals surface area contributed by atoms with Crippen molar-refractivity contribution in [1.82, 2.24) is 4.90 Å². The lowest BCUT2D eigenvalue weighted by atomic mass is 9.86. The Morgan fingerprint density at radius 3 is 2.32 bits per heavy atom. The zero-order valence-corrected chi connectivity index (χ0v) is 13.8. The van der Waals surface area contributed by atoms with Crippen LogP contribution in [0.3, 0.4) is 0 Å². The van der Waals surface area contributed by atoms with Crippen LogP contribution in [0.15, 0.2) is 12.1 Å². The van der Waals surface area contributed by atoms with Crippen LogP contribution in [0, 0.1) is 32.6 Å². The summed E-state index contributed by atoms with van der Waals surface area (Å²) in [4.78, 5) is 25.5. The van der Waals surface area contributed by atoms with Gasteiger partial charge in [-0.2, -0.15) is 0 Å². The smallest absolute Gasteiger partial charge is 0.306 e. The molecule has 0 bridgehead atoms. The number of aliphatic carboxylic acids is 1. The highest BCUT2D eigenvalue weighted by Crippen LogP contribution is 2.25. The molecule has 1 N–H and O–H groups in total. The summed E-state index contributed by atoms with van der Waals surface area (Å²) in [5, 5.41) is 9.16. The third kappa shape index (κ3) is 3.49. The van der Waals surface area contributed by atoms with Crippen molar-refractivity contribution in [2.45, 2.75) is 40.5 Å². The first-order valence-corrected chi connectivity index (χ1v) is 7.87. The van der Waals surface area contributed by atoms with E-state index in [4.69, 9.17) is 5.11 Å². The number of carbonyl (C=O) groups excluding carboxylic acids is 1. The lowest BCUT2D eigenvalue weighted by Gasteiger charge is -2.35. The number of nitrogens with zero attached hydrogens (tertiary/aromatic N) is 1. The third-order valence-corrected chi connectivity index (χ3v) is 4.74. The van der Waals surface area contributed by atoms with E-state index in [1.165, 1.54) is 5.56 Å². The third-order valence-electron chi connectivity index (χ3n) is 4.74. The van der Waals surface area contributed by atoms with Gasteiger partial charge in [0, 0.05) is 13.1 Å². The molecule has 1 amide bonds. The van der Waals surface area contributed by atoms with Gasteiger partial charge in [-0.25, -0.2) is 0 Å². The number of benzene rings is 1. The molecule has 1 aromatic rings. The highest BCUT2D eigenvalue weighted by Gasteiger charge is 2.33. The number of amides is 1. The molecule has 2 unspecified atom stereocenters. The topological polar surface area (TPSA) is 57.6 Å². The van der Waals surface area contributed by atoms with E-state index in [-0.39, 0.29) is 17.7 Å². The van der Waals surface area contributed by atoms with Gasteiger partial charge in [0.05, 0.1) is 12.3 Å². The van der Waals surface area contributed by atoms with Gasteiger partial charge in [0.2, 0.25) is 5.91 Å². The summed E-state index contributed by atoms with van der Waals surface area (Å²) in [6.07, 6.45) is 0.955. The van der Waals surface area contributed by atoms with E-state index in [1.54, 1.807) is 0 Å². The van der Waals surface area contributed by atoms with Crippen LogP contribution in [0.5, 0.6) is 0 Å². The molecule has 1 fully saturated rings. The summed E-state index contributed by atoms with van der Waals surface area (Å²) in [6, 6.07) is 4.21. The fourth-order valence-electron chi connectivity index (χ4n) is 3.49. The normalized spacial score (nSPS) is 21.7. The van der Waals surface area contributed by atoms with Gasteiger partial charge in [-0.1, -0.05) is 24.6 Å². The fourth-order valence-corrected chi connectivity index (χ4v) is 3.49. The number of piperidine rings is 1. The Balaban J connectivity index is 2.07. The second-order valence-corrected chi connectivity index (χ2v) is 6.60. The van der Waals surface area contributed by atoms with E-state index in [1.807, 2.05) is 25.7 Å². The quantitative estimate of drug-likeness (QED) is 0.934. The lowest BCUT2D eigenvalue weighted by molar-refractivity contribution is -0.148. The molecule has 22 heavy (non-hydrogen) atoms.